The van der Waals surface area contributed by atoms with Gasteiger partial charge < -0.3 is 10.1 Å². The van der Waals surface area contributed by atoms with Gasteiger partial charge in [0.2, 0.25) is 10.0 Å². The van der Waals surface area contributed by atoms with E-state index in [1.807, 2.05) is 12.3 Å². The minimum Gasteiger partial charge on any atom is -0.380 e. The molecule has 0 spiro atoms. The normalized spacial score (nSPS) is 17.6. The average Bonchev–Trinajstić information content (AvgIpc) is 3.09. The van der Waals surface area contributed by atoms with Crippen molar-refractivity contribution in [3.8, 4) is 0 Å². The molecule has 0 bridgehead atoms. The predicted octanol–water partition coefficient (Wildman–Crippen LogP) is 1.31. The molecule has 1 aliphatic carbocycles. The van der Waals surface area contributed by atoms with Crippen molar-refractivity contribution in [3.05, 3.63) is 17.0 Å². The van der Waals surface area contributed by atoms with Gasteiger partial charge in [0.1, 0.15) is 4.21 Å². The van der Waals surface area contributed by atoms with Crippen LogP contribution in [0.3, 0.4) is 0 Å². The monoisotopic (exact) mass is 304 g/mol. The van der Waals surface area contributed by atoms with Gasteiger partial charge in [-0.25, -0.2) is 13.1 Å². The third-order valence-electron chi connectivity index (χ3n) is 3.03. The van der Waals surface area contributed by atoms with Crippen molar-refractivity contribution in [2.24, 2.45) is 0 Å². The van der Waals surface area contributed by atoms with Crippen LogP contribution in [0.25, 0.3) is 0 Å². The van der Waals surface area contributed by atoms with Crippen LogP contribution in [0.1, 0.15) is 25.3 Å². The van der Waals surface area contributed by atoms with Gasteiger partial charge in [-0.15, -0.1) is 11.3 Å². The van der Waals surface area contributed by atoms with E-state index in [0.29, 0.717) is 10.3 Å². The summed E-state index contributed by atoms with van der Waals surface area (Å²) in [4.78, 5) is 0. The van der Waals surface area contributed by atoms with Crippen LogP contribution in [0, 0.1) is 0 Å². The molecule has 0 aliphatic heterocycles. The lowest BCUT2D eigenvalue weighted by molar-refractivity contribution is 0.122. The van der Waals surface area contributed by atoms with Gasteiger partial charge in [-0.2, -0.15) is 0 Å². The predicted molar refractivity (Wildman–Crippen MR) is 75.8 cm³/mol. The second-order valence-electron chi connectivity index (χ2n) is 4.83. The van der Waals surface area contributed by atoms with E-state index < -0.39 is 10.0 Å². The molecule has 108 valence electrons. The van der Waals surface area contributed by atoms with E-state index >= 15 is 0 Å². The molecule has 0 saturated heterocycles. The lowest BCUT2D eigenvalue weighted by Crippen LogP contribution is -2.31. The summed E-state index contributed by atoms with van der Waals surface area (Å²) in [6.07, 6.45) is 2.32. The van der Waals surface area contributed by atoms with Crippen molar-refractivity contribution >= 4 is 21.4 Å². The van der Waals surface area contributed by atoms with Crippen LogP contribution < -0.4 is 10.0 Å². The molecule has 1 saturated carbocycles. The van der Waals surface area contributed by atoms with Crippen LogP contribution >= 0.6 is 11.3 Å². The van der Waals surface area contributed by atoms with Crippen molar-refractivity contribution in [2.45, 2.75) is 42.7 Å². The molecule has 2 N–H and O–H groups in total. The van der Waals surface area contributed by atoms with Crippen LogP contribution in [0.15, 0.2) is 15.7 Å². The summed E-state index contributed by atoms with van der Waals surface area (Å²) >= 11 is 1.26. The fourth-order valence-corrected chi connectivity index (χ4v) is 3.89. The maximum atomic E-state index is 12.0. The van der Waals surface area contributed by atoms with Gasteiger partial charge in [-0.05, 0) is 36.8 Å². The van der Waals surface area contributed by atoms with E-state index in [4.69, 9.17) is 4.74 Å². The standard InChI is InChI=1S/C12H20N2O3S2/c1-9(17-2)6-14-19(15,16)12-5-10(8-18-12)7-13-11-3-4-11/h5,8-9,11,13-14H,3-4,6-7H2,1-2H3. The minimum atomic E-state index is -3.41. The van der Waals surface area contributed by atoms with E-state index in [2.05, 4.69) is 10.0 Å². The maximum absolute atomic E-state index is 12.0. The Morgan fingerprint density at radius 1 is 1.53 bits per heavy atom. The van der Waals surface area contributed by atoms with Crippen LogP contribution in [-0.4, -0.2) is 34.2 Å². The first-order valence-electron chi connectivity index (χ1n) is 6.34. The van der Waals surface area contributed by atoms with Crippen LogP contribution in [0.5, 0.6) is 0 Å². The van der Waals surface area contributed by atoms with E-state index in [-0.39, 0.29) is 12.6 Å². The Hall–Kier alpha value is -0.470. The number of hydrogen-bond acceptors (Lipinski definition) is 5. The average molecular weight is 304 g/mol. The number of thiophene rings is 1. The Bertz CT molecular complexity index is 509. The third kappa shape index (κ3) is 4.54. The molecule has 19 heavy (non-hydrogen) atoms. The van der Waals surface area contributed by atoms with Gasteiger partial charge in [0.05, 0.1) is 6.10 Å². The molecule has 5 nitrogen and oxygen atoms in total. The molecule has 1 atom stereocenters. The lowest BCUT2D eigenvalue weighted by Gasteiger charge is -2.10. The Kier molecular flexibility index (Phi) is 4.97. The first kappa shape index (κ1) is 14.9. The van der Waals surface area contributed by atoms with E-state index in [0.717, 1.165) is 12.1 Å². The molecule has 7 heteroatoms. The number of ether oxygens (including phenoxy) is 1. The summed E-state index contributed by atoms with van der Waals surface area (Å²) in [6.45, 7) is 2.85. The fourth-order valence-electron chi connectivity index (χ4n) is 1.52. The van der Waals surface area contributed by atoms with E-state index in [9.17, 15) is 8.42 Å². The summed E-state index contributed by atoms with van der Waals surface area (Å²) < 4.78 is 32.0. The summed E-state index contributed by atoms with van der Waals surface area (Å²) in [5.74, 6) is 0. The quantitative estimate of drug-likeness (QED) is 0.760. The van der Waals surface area contributed by atoms with Crippen LogP contribution in [-0.2, 0) is 21.3 Å². The minimum absolute atomic E-state index is 0.134. The van der Waals surface area contributed by atoms with Crippen molar-refractivity contribution < 1.29 is 13.2 Å². The molecule has 1 aromatic rings. The first-order valence-corrected chi connectivity index (χ1v) is 8.71. The number of methoxy groups -OCH3 is 1. The summed E-state index contributed by atoms with van der Waals surface area (Å²) in [6, 6.07) is 2.36. The molecule has 0 radical (unpaired) electrons. The molecule has 1 heterocycles. The molecule has 0 amide bonds. The van der Waals surface area contributed by atoms with Crippen LogP contribution in [0.2, 0.25) is 0 Å². The number of rotatable bonds is 8. The van der Waals surface area contributed by atoms with Crippen molar-refractivity contribution in [1.82, 2.24) is 10.0 Å². The second kappa shape index (κ2) is 6.32. The van der Waals surface area contributed by atoms with Gasteiger partial charge in [-0.1, -0.05) is 0 Å². The topological polar surface area (TPSA) is 67.4 Å². The molecule has 2 rings (SSSR count). The SMILES string of the molecule is COC(C)CNS(=O)(=O)c1cc(CNC2CC2)cs1. The zero-order chi connectivity index (χ0) is 13.9. The highest BCUT2D eigenvalue weighted by Gasteiger charge is 2.21. The second-order valence-corrected chi connectivity index (χ2v) is 7.73. The summed E-state index contributed by atoms with van der Waals surface area (Å²) in [5, 5.41) is 5.26. The van der Waals surface area contributed by atoms with E-state index in [1.165, 1.54) is 24.2 Å². The number of nitrogens with one attached hydrogen (secondary N) is 2. The van der Waals surface area contributed by atoms with E-state index in [1.54, 1.807) is 13.2 Å². The molecule has 1 fully saturated rings. The highest BCUT2D eigenvalue weighted by atomic mass is 32.2. The van der Waals surface area contributed by atoms with Crippen LogP contribution in [0.4, 0.5) is 0 Å². The zero-order valence-electron chi connectivity index (χ0n) is 11.2. The lowest BCUT2D eigenvalue weighted by atomic mass is 10.3. The molecule has 1 aliphatic rings. The largest absolute Gasteiger partial charge is 0.380 e. The van der Waals surface area contributed by atoms with Crippen molar-refractivity contribution in [3.63, 3.8) is 0 Å². The summed E-state index contributed by atoms with van der Waals surface area (Å²) in [5.41, 5.74) is 1.03. The molecule has 1 aromatic heterocycles. The Morgan fingerprint density at radius 2 is 2.26 bits per heavy atom. The first-order chi connectivity index (χ1) is 9.01. The van der Waals surface area contributed by atoms with Crippen molar-refractivity contribution in [2.75, 3.05) is 13.7 Å². The van der Waals surface area contributed by atoms with Gasteiger partial charge in [0.15, 0.2) is 0 Å². The number of hydrogen-bond donors (Lipinski definition) is 2. The Morgan fingerprint density at radius 3 is 2.89 bits per heavy atom. The zero-order valence-corrected chi connectivity index (χ0v) is 12.8. The molecule has 0 aromatic carbocycles. The molecular formula is C12H20N2O3S2. The fraction of sp³-hybridized carbons (Fsp3) is 0.667. The van der Waals surface area contributed by atoms with Gasteiger partial charge in [-0.3, -0.25) is 0 Å². The molecule has 1 unspecified atom stereocenters. The van der Waals surface area contributed by atoms with Gasteiger partial charge in [0, 0.05) is 26.2 Å². The summed E-state index contributed by atoms with van der Waals surface area (Å²) in [7, 11) is -1.85. The molecular weight excluding hydrogens is 284 g/mol. The third-order valence-corrected chi connectivity index (χ3v) is 5.94. The smallest absolute Gasteiger partial charge is 0.250 e. The highest BCUT2D eigenvalue weighted by Crippen LogP contribution is 2.23. The Labute approximate surface area is 118 Å². The number of sulfonamides is 1. The highest BCUT2D eigenvalue weighted by molar-refractivity contribution is 7.91. The Balaban J connectivity index is 1.91. The van der Waals surface area contributed by atoms with Crippen molar-refractivity contribution in [1.29, 1.82) is 0 Å². The van der Waals surface area contributed by atoms with Gasteiger partial charge in [0.25, 0.3) is 0 Å². The maximum Gasteiger partial charge on any atom is 0.250 e. The van der Waals surface area contributed by atoms with Gasteiger partial charge >= 0.3 is 0 Å².